The molecule has 4 N–H and O–H groups in total. The van der Waals surface area contributed by atoms with Crippen LogP contribution in [0.2, 0.25) is 0 Å². The van der Waals surface area contributed by atoms with E-state index in [2.05, 4.69) is 5.32 Å². The second kappa shape index (κ2) is 12.7. The summed E-state index contributed by atoms with van der Waals surface area (Å²) in [4.78, 5) is 29.9. The van der Waals surface area contributed by atoms with Crippen molar-refractivity contribution < 1.29 is 48.6 Å². The zero-order valence-electron chi connectivity index (χ0n) is 28.6. The van der Waals surface area contributed by atoms with Gasteiger partial charge < -0.3 is 49.2 Å². The van der Waals surface area contributed by atoms with Crippen LogP contribution >= 0.6 is 0 Å². The third-order valence-electron chi connectivity index (χ3n) is 10.5. The Morgan fingerprint density at radius 2 is 1.67 bits per heavy atom. The minimum absolute atomic E-state index is 0.102. The predicted octanol–water partition coefficient (Wildman–Crippen LogP) is 3.20. The number of ether oxygens (including phenoxy) is 5. The number of rotatable bonds is 10. The Morgan fingerprint density at radius 1 is 0.980 bits per heavy atom. The normalized spacial score (nSPS) is 28.1. The molecule has 1 aliphatic carbocycles. The maximum Gasteiger partial charge on any atom is 0.253 e. The number of likely N-dealkylation sites (tertiary alicyclic amines) is 1. The molecule has 6 rings (SSSR count). The first-order valence-electron chi connectivity index (χ1n) is 16.4. The summed E-state index contributed by atoms with van der Waals surface area (Å²) in [5.41, 5.74) is -4.52. The molecule has 262 valence electrons. The average molecular weight is 677 g/mol. The number of hydrogen-bond donors (Lipinski definition) is 4. The highest BCUT2D eigenvalue weighted by atomic mass is 16.5. The van der Waals surface area contributed by atoms with Crippen molar-refractivity contribution in [3.05, 3.63) is 77.4 Å². The molecule has 3 aromatic carbocycles. The predicted molar refractivity (Wildman–Crippen MR) is 178 cm³/mol. The monoisotopic (exact) mass is 676 g/mol. The summed E-state index contributed by atoms with van der Waals surface area (Å²) in [5, 5.41) is 39.5. The van der Waals surface area contributed by atoms with Gasteiger partial charge in [-0.15, -0.1) is 0 Å². The number of nitrogens with one attached hydrogen (secondary N) is 1. The first-order valence-corrected chi connectivity index (χ1v) is 16.4. The fourth-order valence-corrected chi connectivity index (χ4v) is 7.82. The van der Waals surface area contributed by atoms with Gasteiger partial charge in [-0.1, -0.05) is 43.3 Å². The van der Waals surface area contributed by atoms with Gasteiger partial charge in [-0.25, -0.2) is 0 Å². The molecule has 1 saturated carbocycles. The minimum Gasteiger partial charge on any atom is -0.496 e. The summed E-state index contributed by atoms with van der Waals surface area (Å²) >= 11 is 0. The summed E-state index contributed by atoms with van der Waals surface area (Å²) in [5.74, 6) is -1.96. The number of fused-ring (bicyclic) bond motifs is 4. The molecule has 12 nitrogen and oxygen atoms in total. The zero-order valence-corrected chi connectivity index (χ0v) is 28.6. The zero-order chi connectivity index (χ0) is 35.3. The number of methoxy groups -OCH3 is 4. The molecule has 12 heteroatoms. The third kappa shape index (κ3) is 5.15. The van der Waals surface area contributed by atoms with Crippen LogP contribution in [-0.4, -0.2) is 84.9 Å². The number of carbonyl (C=O) groups is 2. The largest absolute Gasteiger partial charge is 0.496 e. The van der Waals surface area contributed by atoms with Crippen molar-refractivity contribution in [1.29, 1.82) is 0 Å². The van der Waals surface area contributed by atoms with Gasteiger partial charge in [-0.05, 0) is 43.9 Å². The molecule has 0 radical (unpaired) electrons. The molecule has 7 atom stereocenters. The van der Waals surface area contributed by atoms with Crippen LogP contribution in [0.4, 0.5) is 0 Å². The van der Waals surface area contributed by atoms with E-state index < -0.39 is 52.7 Å². The van der Waals surface area contributed by atoms with Crippen LogP contribution in [0.15, 0.2) is 60.7 Å². The molecule has 3 aromatic rings. The van der Waals surface area contributed by atoms with Gasteiger partial charge in [0.2, 0.25) is 5.91 Å². The van der Waals surface area contributed by atoms with Crippen LogP contribution in [0.1, 0.15) is 55.7 Å². The lowest BCUT2D eigenvalue weighted by Gasteiger charge is -2.45. The van der Waals surface area contributed by atoms with E-state index in [-0.39, 0.29) is 30.0 Å². The highest BCUT2D eigenvalue weighted by molar-refractivity contribution is 5.87. The molecule has 1 unspecified atom stereocenters. The molecule has 2 amide bonds. The molecule has 2 heterocycles. The molecule has 2 fully saturated rings. The maximum absolute atomic E-state index is 15.2. The Kier molecular flexibility index (Phi) is 8.93. The topological polar surface area (TPSA) is 156 Å². The van der Waals surface area contributed by atoms with Crippen LogP contribution in [0.25, 0.3) is 0 Å². The molecule has 3 aliphatic rings. The van der Waals surface area contributed by atoms with Crippen molar-refractivity contribution in [3.63, 3.8) is 0 Å². The van der Waals surface area contributed by atoms with Crippen molar-refractivity contribution in [1.82, 2.24) is 10.2 Å². The van der Waals surface area contributed by atoms with Gasteiger partial charge in [-0.3, -0.25) is 9.59 Å². The summed E-state index contributed by atoms with van der Waals surface area (Å²) in [6.45, 7) is 3.40. The first kappa shape index (κ1) is 34.3. The van der Waals surface area contributed by atoms with Gasteiger partial charge >= 0.3 is 0 Å². The number of aliphatic hydroxyl groups is 3. The van der Waals surface area contributed by atoms with Crippen molar-refractivity contribution >= 4 is 11.8 Å². The minimum atomic E-state index is -2.28. The van der Waals surface area contributed by atoms with E-state index >= 15 is 4.79 Å². The van der Waals surface area contributed by atoms with E-state index in [9.17, 15) is 20.1 Å². The smallest absolute Gasteiger partial charge is 0.253 e. The summed E-state index contributed by atoms with van der Waals surface area (Å²) in [7, 11) is 5.92. The molecule has 2 bridgehead atoms. The first-order chi connectivity index (χ1) is 23.4. The number of hydrogen-bond acceptors (Lipinski definition) is 10. The lowest BCUT2D eigenvalue weighted by Crippen LogP contribution is -2.57. The summed E-state index contributed by atoms with van der Waals surface area (Å²) in [6, 6.07) is 17.4. The van der Waals surface area contributed by atoms with Gasteiger partial charge in [-0.2, -0.15) is 0 Å². The Balaban J connectivity index is 1.62. The number of carbonyl (C=O) groups excluding carboxylic acids is 2. The molecule has 0 aromatic heterocycles. The SMILES string of the molecule is CCC(C)(O)C(=O)N[C@@H]1CCCN1C(=O)[C@@H]1[C@@H](c2ccccc2)[C@]2(c3ccc(OC)c(OC)c3)Oc3cc(OC)cc(OC)c3[C@@]1(O)[C@@H]2O. The van der Waals surface area contributed by atoms with Gasteiger partial charge in [0, 0.05) is 30.2 Å². The van der Waals surface area contributed by atoms with E-state index in [4.69, 9.17) is 23.7 Å². The average Bonchev–Trinajstić information content (AvgIpc) is 3.63. The molecule has 1 saturated heterocycles. The Bertz CT molecular complexity index is 1730. The molecule has 49 heavy (non-hydrogen) atoms. The quantitative estimate of drug-likeness (QED) is 0.252. The van der Waals surface area contributed by atoms with Crippen molar-refractivity contribution in [2.75, 3.05) is 35.0 Å². The second-order valence-electron chi connectivity index (χ2n) is 13.1. The molecule has 2 aliphatic heterocycles. The summed E-state index contributed by atoms with van der Waals surface area (Å²) in [6.07, 6.45) is -1.29. The van der Waals surface area contributed by atoms with Gasteiger partial charge in [0.15, 0.2) is 17.1 Å². The van der Waals surface area contributed by atoms with Crippen LogP contribution < -0.4 is 29.0 Å². The Hall–Kier alpha value is -4.52. The fourth-order valence-electron chi connectivity index (χ4n) is 7.82. The lowest BCUT2D eigenvalue weighted by molar-refractivity contribution is -0.168. The van der Waals surface area contributed by atoms with Crippen LogP contribution in [0.3, 0.4) is 0 Å². The molecular formula is C37H44N2O10. The fraction of sp³-hybridized carbons (Fsp3) is 0.459. The number of amides is 2. The van der Waals surface area contributed by atoms with Crippen LogP contribution in [0.5, 0.6) is 28.7 Å². The Morgan fingerprint density at radius 3 is 2.31 bits per heavy atom. The van der Waals surface area contributed by atoms with Gasteiger partial charge in [0.1, 0.15) is 40.7 Å². The third-order valence-corrected chi connectivity index (χ3v) is 10.5. The van der Waals surface area contributed by atoms with E-state index in [1.807, 2.05) is 30.3 Å². The Labute approximate surface area is 285 Å². The second-order valence-corrected chi connectivity index (χ2v) is 13.1. The van der Waals surface area contributed by atoms with E-state index in [1.165, 1.54) is 40.3 Å². The molecular weight excluding hydrogens is 632 g/mol. The van der Waals surface area contributed by atoms with Crippen molar-refractivity contribution in [3.8, 4) is 28.7 Å². The number of nitrogens with zero attached hydrogens (tertiary/aromatic N) is 1. The van der Waals surface area contributed by atoms with Crippen molar-refractivity contribution in [2.24, 2.45) is 5.92 Å². The highest BCUT2D eigenvalue weighted by Gasteiger charge is 2.76. The number of aliphatic hydroxyl groups excluding tert-OH is 1. The number of benzene rings is 3. The van der Waals surface area contributed by atoms with Crippen molar-refractivity contribution in [2.45, 2.75) is 68.1 Å². The maximum atomic E-state index is 15.2. The van der Waals surface area contributed by atoms with E-state index in [1.54, 1.807) is 37.3 Å². The highest BCUT2D eigenvalue weighted by Crippen LogP contribution is 2.68. The molecule has 0 spiro atoms. The standard InChI is InChI=1S/C37H44N2O10/c1-7-35(2,43)34(42)38-28-14-11-17-39(28)32(40)31-29(21-12-9-8-10-13-21)37(22-15-16-24(46-4)25(18-22)47-5)33(41)36(31,44)30-26(48-6)19-23(45-3)20-27(30)49-37/h8-10,12-13,15-16,18-20,28-29,31,33,41,43-44H,7,11,14,17H2,1-6H3,(H,38,42)/t28-,29+,31-,33-,35?,36-,37-/m0/s1. The van der Waals surface area contributed by atoms with E-state index in [0.29, 0.717) is 41.2 Å². The lowest BCUT2D eigenvalue weighted by atomic mass is 9.75. The van der Waals surface area contributed by atoms with Gasteiger partial charge in [0.25, 0.3) is 5.91 Å². The van der Waals surface area contributed by atoms with Crippen LogP contribution in [-0.2, 0) is 20.8 Å². The summed E-state index contributed by atoms with van der Waals surface area (Å²) < 4.78 is 29.4. The van der Waals surface area contributed by atoms with Gasteiger partial charge in [0.05, 0.1) is 39.9 Å². The van der Waals surface area contributed by atoms with E-state index in [0.717, 1.165) is 0 Å². The van der Waals surface area contributed by atoms with Crippen LogP contribution in [0, 0.1) is 5.92 Å².